The fourth-order valence-electron chi connectivity index (χ4n) is 1.96. The van der Waals surface area contributed by atoms with Gasteiger partial charge in [-0.1, -0.05) is 45.0 Å². The highest BCUT2D eigenvalue weighted by atomic mass is 15.3. The van der Waals surface area contributed by atoms with Crippen molar-refractivity contribution in [2.75, 3.05) is 0 Å². The number of aromatic nitrogens is 2. The molecule has 3 nitrogen and oxygen atoms in total. The van der Waals surface area contributed by atoms with E-state index in [0.29, 0.717) is 6.04 Å². The van der Waals surface area contributed by atoms with Crippen molar-refractivity contribution in [3.05, 3.63) is 53.3 Å². The lowest BCUT2D eigenvalue weighted by Crippen LogP contribution is -2.22. The largest absolute Gasteiger partial charge is 0.309 e. The molecule has 0 unspecified atom stereocenters. The van der Waals surface area contributed by atoms with E-state index in [1.54, 1.807) is 0 Å². The van der Waals surface area contributed by atoms with Crippen LogP contribution >= 0.6 is 0 Å². The first kappa shape index (κ1) is 13.8. The molecule has 0 radical (unpaired) electrons. The maximum atomic E-state index is 4.57. The van der Waals surface area contributed by atoms with Crippen molar-refractivity contribution in [2.45, 2.75) is 46.3 Å². The maximum absolute atomic E-state index is 4.57. The third kappa shape index (κ3) is 4.21. The summed E-state index contributed by atoms with van der Waals surface area (Å²) in [6, 6.07) is 11.3. The molecule has 1 N–H and O–H groups in total. The van der Waals surface area contributed by atoms with Gasteiger partial charge in [0.25, 0.3) is 0 Å². The Morgan fingerprint density at radius 1 is 1.11 bits per heavy atom. The van der Waals surface area contributed by atoms with Crippen LogP contribution in [0.5, 0.6) is 0 Å². The van der Waals surface area contributed by atoms with Crippen molar-refractivity contribution >= 4 is 0 Å². The number of aryl methyl sites for hydroxylation is 1. The number of hydrogen-bond acceptors (Lipinski definition) is 2. The van der Waals surface area contributed by atoms with Crippen molar-refractivity contribution in [2.24, 2.45) is 0 Å². The molecule has 3 heteroatoms. The quantitative estimate of drug-likeness (QED) is 0.862. The Hall–Kier alpha value is -1.61. The van der Waals surface area contributed by atoms with Crippen LogP contribution in [0.25, 0.3) is 0 Å². The summed E-state index contributed by atoms with van der Waals surface area (Å²) in [4.78, 5) is 0. The van der Waals surface area contributed by atoms with Gasteiger partial charge in [0.1, 0.15) is 0 Å². The normalized spacial score (nSPS) is 11.2. The molecule has 0 saturated carbocycles. The summed E-state index contributed by atoms with van der Waals surface area (Å²) in [6.45, 7) is 8.14. The van der Waals surface area contributed by atoms with Gasteiger partial charge in [0.05, 0.1) is 12.2 Å². The van der Waals surface area contributed by atoms with Gasteiger partial charge < -0.3 is 5.32 Å². The second-order valence-corrected chi connectivity index (χ2v) is 5.21. The predicted octanol–water partition coefficient (Wildman–Crippen LogP) is 2.99. The van der Waals surface area contributed by atoms with Gasteiger partial charge in [-0.15, -0.1) is 0 Å². The maximum Gasteiger partial charge on any atom is 0.0762 e. The van der Waals surface area contributed by atoms with E-state index in [-0.39, 0.29) is 0 Å². The molecule has 1 aromatic carbocycles. The molecule has 0 aliphatic rings. The minimum absolute atomic E-state index is 0.492. The fourth-order valence-corrected chi connectivity index (χ4v) is 1.96. The minimum atomic E-state index is 0.492. The highest BCUT2D eigenvalue weighted by molar-refractivity contribution is 5.22. The van der Waals surface area contributed by atoms with E-state index in [1.807, 2.05) is 10.9 Å². The zero-order valence-corrected chi connectivity index (χ0v) is 12.1. The second kappa shape index (κ2) is 6.53. The lowest BCUT2D eigenvalue weighted by molar-refractivity contribution is 0.570. The fraction of sp³-hybridized carbons (Fsp3) is 0.438. The smallest absolute Gasteiger partial charge is 0.0762 e. The predicted molar refractivity (Wildman–Crippen MR) is 79.1 cm³/mol. The zero-order chi connectivity index (χ0) is 13.7. The summed E-state index contributed by atoms with van der Waals surface area (Å²) >= 11 is 0. The van der Waals surface area contributed by atoms with Crippen LogP contribution < -0.4 is 5.32 Å². The van der Waals surface area contributed by atoms with Gasteiger partial charge in [0.2, 0.25) is 0 Å². The van der Waals surface area contributed by atoms with Crippen LogP contribution in [0.15, 0.2) is 36.5 Å². The highest BCUT2D eigenvalue weighted by Gasteiger charge is 2.01. The number of rotatable bonds is 6. The molecule has 0 aliphatic carbocycles. The summed E-state index contributed by atoms with van der Waals surface area (Å²) in [7, 11) is 0. The standard InChI is InChI=1S/C16H23N3/c1-4-14-5-7-15(8-6-14)12-19-10-9-16(18-19)11-17-13(2)3/h5-10,13,17H,4,11-12H2,1-3H3. The Balaban J connectivity index is 1.95. The van der Waals surface area contributed by atoms with Crippen molar-refractivity contribution in [1.82, 2.24) is 15.1 Å². The first-order chi connectivity index (χ1) is 9.17. The van der Waals surface area contributed by atoms with Gasteiger partial charge in [-0.2, -0.15) is 5.10 Å². The van der Waals surface area contributed by atoms with Crippen molar-refractivity contribution in [1.29, 1.82) is 0 Å². The van der Waals surface area contributed by atoms with E-state index in [2.05, 4.69) is 61.5 Å². The molecule has 19 heavy (non-hydrogen) atoms. The first-order valence-corrected chi connectivity index (χ1v) is 7.01. The Bertz CT molecular complexity index is 497. The van der Waals surface area contributed by atoms with Crippen LogP contribution in [-0.4, -0.2) is 15.8 Å². The van der Waals surface area contributed by atoms with Crippen LogP contribution in [-0.2, 0) is 19.5 Å². The van der Waals surface area contributed by atoms with E-state index >= 15 is 0 Å². The molecule has 2 rings (SSSR count). The average Bonchev–Trinajstić information content (AvgIpc) is 2.85. The number of nitrogens with zero attached hydrogens (tertiary/aromatic N) is 2. The molecule has 1 aromatic heterocycles. The lowest BCUT2D eigenvalue weighted by Gasteiger charge is -2.06. The molecule has 102 valence electrons. The summed E-state index contributed by atoms with van der Waals surface area (Å²) in [5.41, 5.74) is 3.77. The molecule has 0 amide bonds. The van der Waals surface area contributed by atoms with E-state index in [1.165, 1.54) is 11.1 Å². The second-order valence-electron chi connectivity index (χ2n) is 5.21. The van der Waals surface area contributed by atoms with Gasteiger partial charge in [-0.05, 0) is 23.6 Å². The van der Waals surface area contributed by atoms with Crippen LogP contribution in [0.2, 0.25) is 0 Å². The van der Waals surface area contributed by atoms with E-state index in [4.69, 9.17) is 0 Å². The van der Waals surface area contributed by atoms with Crippen LogP contribution in [0.3, 0.4) is 0 Å². The molecule has 2 aromatic rings. The summed E-state index contributed by atoms with van der Waals surface area (Å²) in [5, 5.41) is 7.95. The molecule has 0 fully saturated rings. The van der Waals surface area contributed by atoms with Crippen LogP contribution in [0, 0.1) is 0 Å². The van der Waals surface area contributed by atoms with Gasteiger partial charge in [-0.3, -0.25) is 4.68 Å². The molecule has 0 spiro atoms. The lowest BCUT2D eigenvalue weighted by atomic mass is 10.1. The number of hydrogen-bond donors (Lipinski definition) is 1. The Labute approximate surface area is 115 Å². The van der Waals surface area contributed by atoms with Crippen molar-refractivity contribution in [3.8, 4) is 0 Å². The van der Waals surface area contributed by atoms with E-state index in [9.17, 15) is 0 Å². The monoisotopic (exact) mass is 257 g/mol. The van der Waals surface area contributed by atoms with E-state index in [0.717, 1.165) is 25.2 Å². The summed E-state index contributed by atoms with van der Waals surface area (Å²) in [6.07, 6.45) is 3.14. The minimum Gasteiger partial charge on any atom is -0.309 e. The van der Waals surface area contributed by atoms with Crippen molar-refractivity contribution < 1.29 is 0 Å². The molecule has 0 atom stereocenters. The highest BCUT2D eigenvalue weighted by Crippen LogP contribution is 2.07. The SMILES string of the molecule is CCc1ccc(Cn2ccc(CNC(C)C)n2)cc1. The van der Waals surface area contributed by atoms with Crippen LogP contribution in [0.4, 0.5) is 0 Å². The van der Waals surface area contributed by atoms with E-state index < -0.39 is 0 Å². The molecule has 0 saturated heterocycles. The molecule has 0 bridgehead atoms. The Morgan fingerprint density at radius 2 is 1.79 bits per heavy atom. The Morgan fingerprint density at radius 3 is 2.42 bits per heavy atom. The zero-order valence-electron chi connectivity index (χ0n) is 12.1. The van der Waals surface area contributed by atoms with Crippen LogP contribution in [0.1, 0.15) is 37.6 Å². The topological polar surface area (TPSA) is 29.9 Å². The third-order valence-electron chi connectivity index (χ3n) is 3.16. The summed E-state index contributed by atoms with van der Waals surface area (Å²) in [5.74, 6) is 0. The van der Waals surface area contributed by atoms with Gasteiger partial charge in [0.15, 0.2) is 0 Å². The Kier molecular flexibility index (Phi) is 4.74. The summed E-state index contributed by atoms with van der Waals surface area (Å²) < 4.78 is 2.00. The van der Waals surface area contributed by atoms with Gasteiger partial charge in [-0.25, -0.2) is 0 Å². The number of nitrogens with one attached hydrogen (secondary N) is 1. The van der Waals surface area contributed by atoms with Crippen molar-refractivity contribution in [3.63, 3.8) is 0 Å². The molecule has 0 aliphatic heterocycles. The van der Waals surface area contributed by atoms with Gasteiger partial charge >= 0.3 is 0 Å². The third-order valence-corrected chi connectivity index (χ3v) is 3.16. The molecular formula is C16H23N3. The number of benzene rings is 1. The molecule has 1 heterocycles. The average molecular weight is 257 g/mol. The molecular weight excluding hydrogens is 234 g/mol. The first-order valence-electron chi connectivity index (χ1n) is 7.01. The van der Waals surface area contributed by atoms with Gasteiger partial charge in [0, 0.05) is 18.8 Å².